The maximum Gasteiger partial charge on any atom is 0.250 e. The van der Waals surface area contributed by atoms with E-state index in [1.807, 2.05) is 17.0 Å². The molecular formula is C17H21N3O4S. The topological polar surface area (TPSA) is 91.1 Å². The largest absolute Gasteiger partial charge is 0.392 e. The highest BCUT2D eigenvalue weighted by atomic mass is 32.2. The van der Waals surface area contributed by atoms with E-state index in [-0.39, 0.29) is 23.7 Å². The predicted octanol–water partition coefficient (Wildman–Crippen LogP) is 0.679. The van der Waals surface area contributed by atoms with Crippen molar-refractivity contribution in [3.05, 3.63) is 46.9 Å². The Hall–Kier alpha value is -2.37. The normalized spacial score (nSPS) is 18.3. The molecule has 1 amide bonds. The highest BCUT2D eigenvalue weighted by Gasteiger charge is 2.21. The number of aliphatic hydroxyl groups is 1. The molecule has 1 fully saturated rings. The van der Waals surface area contributed by atoms with Gasteiger partial charge in [0.05, 0.1) is 24.2 Å². The lowest BCUT2D eigenvalue weighted by atomic mass is 10.1. The standard InChI is InChI=1S/C17H21N3O4S/c1-13(21)12-19-17(22)16(18-2)11-14-3-5-15(6-4-14)20-7-9-25(23,24)10-8-20/h3-6,11,13,21H,7-10,12H2,1H3,(H,19,22)/b16-11-. The first-order valence-corrected chi connectivity index (χ1v) is 9.74. The van der Waals surface area contributed by atoms with E-state index in [1.165, 1.54) is 6.08 Å². The fraction of sp³-hybridized carbons (Fsp3) is 0.412. The average molecular weight is 363 g/mol. The number of hydrogen-bond acceptors (Lipinski definition) is 5. The van der Waals surface area contributed by atoms with Gasteiger partial charge in [0.25, 0.3) is 5.70 Å². The number of amides is 1. The molecule has 1 aromatic carbocycles. The Morgan fingerprint density at radius 1 is 1.36 bits per heavy atom. The van der Waals surface area contributed by atoms with Crippen LogP contribution in [0.3, 0.4) is 0 Å². The molecule has 1 aromatic rings. The lowest BCUT2D eigenvalue weighted by Gasteiger charge is -2.28. The number of nitrogens with zero attached hydrogens (tertiary/aromatic N) is 2. The zero-order valence-electron chi connectivity index (χ0n) is 14.0. The van der Waals surface area contributed by atoms with E-state index in [0.29, 0.717) is 18.7 Å². The number of aliphatic hydroxyl groups excluding tert-OH is 1. The maximum absolute atomic E-state index is 11.9. The molecule has 2 N–H and O–H groups in total. The maximum atomic E-state index is 11.9. The van der Waals surface area contributed by atoms with Gasteiger partial charge in [0.1, 0.15) is 0 Å². The van der Waals surface area contributed by atoms with Crippen LogP contribution in [0.4, 0.5) is 5.69 Å². The lowest BCUT2D eigenvalue weighted by molar-refractivity contribution is -0.117. The summed E-state index contributed by atoms with van der Waals surface area (Å²) in [6.07, 6.45) is 0.804. The molecule has 2 rings (SSSR count). The number of nitrogens with one attached hydrogen (secondary N) is 1. The van der Waals surface area contributed by atoms with Crippen LogP contribution in [-0.2, 0) is 14.6 Å². The summed E-state index contributed by atoms with van der Waals surface area (Å²) in [6.45, 7) is 9.70. The Kier molecular flexibility index (Phi) is 6.17. The minimum Gasteiger partial charge on any atom is -0.392 e. The second-order valence-corrected chi connectivity index (χ2v) is 8.23. The van der Waals surface area contributed by atoms with Crippen molar-refractivity contribution >= 4 is 27.5 Å². The van der Waals surface area contributed by atoms with Gasteiger partial charge in [0.2, 0.25) is 5.91 Å². The number of hydrogen-bond donors (Lipinski definition) is 2. The van der Waals surface area contributed by atoms with E-state index in [1.54, 1.807) is 19.1 Å². The molecular weight excluding hydrogens is 342 g/mol. The predicted molar refractivity (Wildman–Crippen MR) is 96.6 cm³/mol. The van der Waals surface area contributed by atoms with Crippen molar-refractivity contribution in [2.24, 2.45) is 0 Å². The van der Waals surface area contributed by atoms with Crippen LogP contribution in [-0.4, -0.2) is 56.7 Å². The van der Waals surface area contributed by atoms with Crippen molar-refractivity contribution in [3.63, 3.8) is 0 Å². The van der Waals surface area contributed by atoms with Gasteiger partial charge in [-0.3, -0.25) is 4.79 Å². The van der Waals surface area contributed by atoms with Crippen molar-refractivity contribution < 1.29 is 18.3 Å². The summed E-state index contributed by atoms with van der Waals surface area (Å²) in [4.78, 5) is 17.1. The number of anilines is 1. The van der Waals surface area contributed by atoms with Crippen LogP contribution in [0, 0.1) is 6.57 Å². The minimum absolute atomic E-state index is 0.0579. The Bertz CT molecular complexity index is 778. The number of carbonyl (C=O) groups excluding carboxylic acids is 1. The lowest BCUT2D eigenvalue weighted by Crippen LogP contribution is -2.40. The van der Waals surface area contributed by atoms with Crippen LogP contribution < -0.4 is 10.2 Å². The van der Waals surface area contributed by atoms with Gasteiger partial charge >= 0.3 is 0 Å². The molecule has 134 valence electrons. The highest BCUT2D eigenvalue weighted by Crippen LogP contribution is 2.19. The minimum atomic E-state index is -2.92. The van der Waals surface area contributed by atoms with Gasteiger partial charge < -0.3 is 15.3 Å². The van der Waals surface area contributed by atoms with Gasteiger partial charge in [-0.05, 0) is 30.7 Å². The summed E-state index contributed by atoms with van der Waals surface area (Å²) in [6, 6.07) is 7.26. The van der Waals surface area contributed by atoms with Gasteiger partial charge in [-0.1, -0.05) is 12.1 Å². The average Bonchev–Trinajstić information content (AvgIpc) is 2.58. The van der Waals surface area contributed by atoms with Crippen LogP contribution in [0.25, 0.3) is 10.9 Å². The molecule has 1 aliphatic rings. The smallest absolute Gasteiger partial charge is 0.250 e. The van der Waals surface area contributed by atoms with Crippen LogP contribution in [0.2, 0.25) is 0 Å². The Morgan fingerprint density at radius 2 is 1.96 bits per heavy atom. The molecule has 1 aliphatic heterocycles. The number of rotatable bonds is 5. The molecule has 0 saturated carbocycles. The summed E-state index contributed by atoms with van der Waals surface area (Å²) >= 11 is 0. The molecule has 1 saturated heterocycles. The summed E-state index contributed by atoms with van der Waals surface area (Å²) in [7, 11) is -2.92. The Morgan fingerprint density at radius 3 is 2.48 bits per heavy atom. The molecule has 0 radical (unpaired) electrons. The quantitative estimate of drug-likeness (QED) is 0.593. The van der Waals surface area contributed by atoms with Gasteiger partial charge in [-0.15, -0.1) is 0 Å². The molecule has 0 aliphatic carbocycles. The van der Waals surface area contributed by atoms with Crippen molar-refractivity contribution in [1.29, 1.82) is 0 Å². The zero-order chi connectivity index (χ0) is 18.4. The summed E-state index contributed by atoms with van der Waals surface area (Å²) in [5, 5.41) is 11.7. The van der Waals surface area contributed by atoms with E-state index in [2.05, 4.69) is 10.2 Å². The van der Waals surface area contributed by atoms with Crippen LogP contribution in [0.1, 0.15) is 12.5 Å². The first-order valence-electron chi connectivity index (χ1n) is 7.91. The molecule has 0 bridgehead atoms. The van der Waals surface area contributed by atoms with E-state index >= 15 is 0 Å². The van der Waals surface area contributed by atoms with Crippen molar-refractivity contribution in [1.82, 2.24) is 5.32 Å². The van der Waals surface area contributed by atoms with Gasteiger partial charge in [0.15, 0.2) is 9.84 Å². The molecule has 0 spiro atoms. The molecule has 25 heavy (non-hydrogen) atoms. The SMILES string of the molecule is [C-]#[N+]/C(=C\c1ccc(N2CCS(=O)(=O)CC2)cc1)C(=O)NCC(C)O. The first-order chi connectivity index (χ1) is 11.8. The van der Waals surface area contributed by atoms with Crippen molar-refractivity contribution in [2.75, 3.05) is 36.0 Å². The molecule has 0 aromatic heterocycles. The van der Waals surface area contributed by atoms with E-state index in [4.69, 9.17) is 6.57 Å². The van der Waals surface area contributed by atoms with Gasteiger partial charge in [-0.25, -0.2) is 13.3 Å². The number of sulfone groups is 1. The second kappa shape index (κ2) is 8.14. The first kappa shape index (κ1) is 19.0. The van der Waals surface area contributed by atoms with Gasteiger partial charge in [-0.2, -0.15) is 0 Å². The van der Waals surface area contributed by atoms with E-state index in [0.717, 1.165) is 5.69 Å². The summed E-state index contributed by atoms with van der Waals surface area (Å²) in [5.74, 6) is -0.221. The van der Waals surface area contributed by atoms with Crippen molar-refractivity contribution in [2.45, 2.75) is 13.0 Å². The van der Waals surface area contributed by atoms with E-state index < -0.39 is 21.8 Å². The van der Waals surface area contributed by atoms with Gasteiger partial charge in [0, 0.05) is 25.3 Å². The van der Waals surface area contributed by atoms with E-state index in [9.17, 15) is 18.3 Å². The molecule has 1 atom stereocenters. The highest BCUT2D eigenvalue weighted by molar-refractivity contribution is 7.91. The number of benzene rings is 1. The zero-order valence-corrected chi connectivity index (χ0v) is 14.8. The van der Waals surface area contributed by atoms with Crippen molar-refractivity contribution in [3.8, 4) is 0 Å². The number of carbonyl (C=O) groups is 1. The molecule has 8 heteroatoms. The fourth-order valence-corrected chi connectivity index (χ4v) is 3.59. The Labute approximate surface area is 147 Å². The van der Waals surface area contributed by atoms with Crippen LogP contribution in [0.5, 0.6) is 0 Å². The Balaban J connectivity index is 2.06. The summed E-state index contributed by atoms with van der Waals surface area (Å²) in [5.41, 5.74) is 1.55. The fourth-order valence-electron chi connectivity index (χ4n) is 2.39. The monoisotopic (exact) mass is 363 g/mol. The molecule has 1 unspecified atom stereocenters. The third-order valence-corrected chi connectivity index (χ3v) is 5.43. The third-order valence-electron chi connectivity index (χ3n) is 3.82. The second-order valence-electron chi connectivity index (χ2n) is 5.93. The molecule has 7 nitrogen and oxygen atoms in total. The van der Waals surface area contributed by atoms with Crippen LogP contribution in [0.15, 0.2) is 30.0 Å². The molecule has 1 heterocycles. The van der Waals surface area contributed by atoms with Crippen LogP contribution >= 0.6 is 0 Å². The third kappa shape index (κ3) is 5.59. The summed E-state index contributed by atoms with van der Waals surface area (Å²) < 4.78 is 23.0.